The normalized spacial score (nSPS) is 22.4. The fourth-order valence-corrected chi connectivity index (χ4v) is 6.39. The number of benzene rings is 2. The number of nitrogens with zero attached hydrogens (tertiary/aromatic N) is 1. The quantitative estimate of drug-likeness (QED) is 0.670. The smallest absolute Gasteiger partial charge is 0.264 e. The molecule has 0 aromatic heterocycles. The summed E-state index contributed by atoms with van der Waals surface area (Å²) in [6, 6.07) is 11.4. The van der Waals surface area contributed by atoms with E-state index in [4.69, 9.17) is 16.3 Å². The van der Waals surface area contributed by atoms with Crippen molar-refractivity contribution in [3.05, 3.63) is 53.1 Å². The first-order valence-corrected chi connectivity index (χ1v) is 12.3. The molecule has 2 bridgehead atoms. The van der Waals surface area contributed by atoms with Gasteiger partial charge in [0, 0.05) is 11.1 Å². The van der Waals surface area contributed by atoms with Gasteiger partial charge in [-0.3, -0.25) is 9.10 Å². The highest BCUT2D eigenvalue weighted by Gasteiger charge is 2.40. The Labute approximate surface area is 188 Å². The van der Waals surface area contributed by atoms with Gasteiger partial charge in [-0.15, -0.1) is 0 Å². The van der Waals surface area contributed by atoms with Crippen LogP contribution < -0.4 is 14.4 Å². The van der Waals surface area contributed by atoms with Gasteiger partial charge in [-0.2, -0.15) is 0 Å². The lowest BCUT2D eigenvalue weighted by Gasteiger charge is -2.28. The average Bonchev–Trinajstić information content (AvgIpc) is 3.35. The van der Waals surface area contributed by atoms with Crippen molar-refractivity contribution in [2.45, 2.75) is 43.5 Å². The second kappa shape index (κ2) is 8.71. The van der Waals surface area contributed by atoms with Crippen molar-refractivity contribution in [2.24, 2.45) is 11.8 Å². The van der Waals surface area contributed by atoms with Crippen LogP contribution in [0.3, 0.4) is 0 Å². The maximum atomic E-state index is 13.6. The van der Waals surface area contributed by atoms with E-state index in [1.807, 2.05) is 6.92 Å². The van der Waals surface area contributed by atoms with Gasteiger partial charge >= 0.3 is 0 Å². The van der Waals surface area contributed by atoms with Gasteiger partial charge in [-0.05, 0) is 68.4 Å². The number of rotatable bonds is 7. The number of methoxy groups -OCH3 is 1. The van der Waals surface area contributed by atoms with Crippen molar-refractivity contribution in [1.82, 2.24) is 5.32 Å². The first-order valence-electron chi connectivity index (χ1n) is 10.5. The molecule has 2 aromatic rings. The maximum Gasteiger partial charge on any atom is 0.264 e. The van der Waals surface area contributed by atoms with Crippen LogP contribution in [0, 0.1) is 18.8 Å². The molecule has 2 aliphatic rings. The van der Waals surface area contributed by atoms with Crippen molar-refractivity contribution in [3.63, 3.8) is 0 Å². The minimum atomic E-state index is -4.03. The van der Waals surface area contributed by atoms with E-state index in [-0.39, 0.29) is 29.1 Å². The number of hydrogen-bond donors (Lipinski definition) is 1. The van der Waals surface area contributed by atoms with E-state index in [1.165, 1.54) is 19.6 Å². The molecule has 4 rings (SSSR count). The second-order valence-corrected chi connectivity index (χ2v) is 10.8. The minimum absolute atomic E-state index is 0.104. The topological polar surface area (TPSA) is 75.7 Å². The molecule has 2 saturated carbocycles. The highest BCUT2D eigenvalue weighted by molar-refractivity contribution is 7.92. The molecule has 166 valence electrons. The number of carbonyl (C=O) groups excluding carboxylic acids is 1. The lowest BCUT2D eigenvalue weighted by atomic mass is 9.95. The van der Waals surface area contributed by atoms with Gasteiger partial charge in [0.15, 0.2) is 0 Å². The van der Waals surface area contributed by atoms with Crippen molar-refractivity contribution < 1.29 is 17.9 Å². The molecule has 2 aliphatic carbocycles. The Morgan fingerprint density at radius 3 is 2.52 bits per heavy atom. The van der Waals surface area contributed by atoms with Crippen LogP contribution in [-0.2, 0) is 14.8 Å². The largest absolute Gasteiger partial charge is 0.495 e. The van der Waals surface area contributed by atoms with E-state index < -0.39 is 10.0 Å². The number of aryl methyl sites for hydroxylation is 1. The zero-order valence-corrected chi connectivity index (χ0v) is 19.2. The Morgan fingerprint density at radius 2 is 1.90 bits per heavy atom. The molecule has 8 heteroatoms. The molecule has 0 unspecified atom stereocenters. The lowest BCUT2D eigenvalue weighted by molar-refractivity contribution is -0.120. The van der Waals surface area contributed by atoms with Crippen molar-refractivity contribution >= 4 is 33.2 Å². The first kappa shape index (κ1) is 22.0. The molecule has 3 atom stereocenters. The van der Waals surface area contributed by atoms with E-state index in [9.17, 15) is 13.2 Å². The summed E-state index contributed by atoms with van der Waals surface area (Å²) in [7, 11) is -2.57. The summed E-state index contributed by atoms with van der Waals surface area (Å²) in [6.07, 6.45) is 4.48. The van der Waals surface area contributed by atoms with Gasteiger partial charge < -0.3 is 10.1 Å². The van der Waals surface area contributed by atoms with Crippen molar-refractivity contribution in [1.29, 1.82) is 0 Å². The summed E-state index contributed by atoms with van der Waals surface area (Å²) in [6.45, 7) is 1.54. The Hall–Kier alpha value is -2.25. The zero-order valence-electron chi connectivity index (χ0n) is 17.7. The third kappa shape index (κ3) is 4.53. The van der Waals surface area contributed by atoms with Crippen LogP contribution in [0.2, 0.25) is 5.02 Å². The molecule has 0 radical (unpaired) electrons. The highest BCUT2D eigenvalue weighted by atomic mass is 35.5. The third-order valence-corrected chi connectivity index (χ3v) is 8.40. The molecule has 1 N–H and O–H groups in total. The number of anilines is 1. The predicted octanol–water partition coefficient (Wildman–Crippen LogP) is 4.16. The molecule has 0 saturated heterocycles. The predicted molar refractivity (Wildman–Crippen MR) is 121 cm³/mol. The van der Waals surface area contributed by atoms with Crippen LogP contribution in [0.1, 0.15) is 31.2 Å². The number of nitrogens with one attached hydrogen (secondary N) is 1. The SMILES string of the molecule is COc1ccc(Cl)cc1N(CC(=O)N[C@H]1C[C@@H]2CC[C@@H]1C2)S(=O)(=O)c1ccc(C)cc1. The summed E-state index contributed by atoms with van der Waals surface area (Å²) in [4.78, 5) is 13.1. The van der Waals surface area contributed by atoms with Crippen LogP contribution in [0.25, 0.3) is 0 Å². The van der Waals surface area contributed by atoms with Gasteiger partial charge in [0.1, 0.15) is 12.3 Å². The minimum Gasteiger partial charge on any atom is -0.495 e. The molecule has 1 amide bonds. The van der Waals surface area contributed by atoms with E-state index in [0.717, 1.165) is 29.1 Å². The van der Waals surface area contributed by atoms with E-state index in [2.05, 4.69) is 5.32 Å². The molecule has 2 fully saturated rings. The summed E-state index contributed by atoms with van der Waals surface area (Å²) in [5.74, 6) is 1.18. The molecule has 31 heavy (non-hydrogen) atoms. The zero-order chi connectivity index (χ0) is 22.2. The number of hydrogen-bond acceptors (Lipinski definition) is 4. The standard InChI is InChI=1S/C23H27ClN2O4S/c1-15-3-8-19(9-4-15)31(28,29)26(21-13-18(24)7-10-22(21)30-2)14-23(27)25-20-12-16-5-6-17(20)11-16/h3-4,7-10,13,16-17,20H,5-6,11-12,14H2,1-2H3,(H,25,27)/t16-,17-,20+/m1/s1. The molecular formula is C23H27ClN2O4S. The maximum absolute atomic E-state index is 13.6. The summed E-state index contributed by atoms with van der Waals surface area (Å²) >= 11 is 6.17. The monoisotopic (exact) mass is 462 g/mol. The van der Waals surface area contributed by atoms with Crippen molar-refractivity contribution in [2.75, 3.05) is 18.0 Å². The van der Waals surface area contributed by atoms with Gasteiger partial charge in [0.05, 0.1) is 17.7 Å². The molecule has 6 nitrogen and oxygen atoms in total. The number of halogens is 1. The fraction of sp³-hybridized carbons (Fsp3) is 0.435. The molecule has 0 aliphatic heterocycles. The summed E-state index contributed by atoms with van der Waals surface area (Å²) in [5.41, 5.74) is 1.18. The average molecular weight is 463 g/mol. The molecular weight excluding hydrogens is 436 g/mol. The fourth-order valence-electron chi connectivity index (χ4n) is 4.80. The van der Waals surface area contributed by atoms with Crippen molar-refractivity contribution in [3.8, 4) is 5.75 Å². The molecule has 2 aromatic carbocycles. The number of carbonyl (C=O) groups is 1. The van der Waals surface area contributed by atoms with Gasteiger partial charge in [-0.1, -0.05) is 35.7 Å². The van der Waals surface area contributed by atoms with Gasteiger partial charge in [0.2, 0.25) is 5.91 Å². The number of fused-ring (bicyclic) bond motifs is 2. The van der Waals surface area contributed by atoms with E-state index >= 15 is 0 Å². The number of ether oxygens (including phenoxy) is 1. The number of sulfonamides is 1. The van der Waals surface area contributed by atoms with Crippen LogP contribution >= 0.6 is 11.6 Å². The van der Waals surface area contributed by atoms with E-state index in [1.54, 1.807) is 36.4 Å². The van der Waals surface area contributed by atoms with E-state index in [0.29, 0.717) is 22.6 Å². The lowest BCUT2D eigenvalue weighted by Crippen LogP contribution is -2.46. The van der Waals surface area contributed by atoms with Crippen LogP contribution in [0.5, 0.6) is 5.75 Å². The van der Waals surface area contributed by atoms with Gasteiger partial charge in [-0.25, -0.2) is 8.42 Å². The Bertz CT molecular complexity index is 1070. The Balaban J connectivity index is 1.66. The van der Waals surface area contributed by atoms with Crippen LogP contribution in [-0.4, -0.2) is 34.0 Å². The molecule has 0 heterocycles. The first-order chi connectivity index (χ1) is 14.8. The second-order valence-electron chi connectivity index (χ2n) is 8.49. The van der Waals surface area contributed by atoms with Gasteiger partial charge in [0.25, 0.3) is 10.0 Å². The van der Waals surface area contributed by atoms with Crippen LogP contribution in [0.15, 0.2) is 47.4 Å². The Morgan fingerprint density at radius 1 is 1.16 bits per heavy atom. The Kier molecular flexibility index (Phi) is 6.17. The third-order valence-electron chi connectivity index (χ3n) is 6.39. The highest BCUT2D eigenvalue weighted by Crippen LogP contribution is 2.44. The number of amides is 1. The summed E-state index contributed by atoms with van der Waals surface area (Å²) < 4.78 is 33.6. The molecule has 0 spiro atoms. The van der Waals surface area contributed by atoms with Crippen LogP contribution in [0.4, 0.5) is 5.69 Å². The summed E-state index contributed by atoms with van der Waals surface area (Å²) in [5, 5.41) is 3.43.